The van der Waals surface area contributed by atoms with Crippen LogP contribution in [-0.2, 0) is 9.53 Å². The summed E-state index contributed by atoms with van der Waals surface area (Å²) in [6.45, 7) is 7.81. The van der Waals surface area contributed by atoms with E-state index >= 15 is 0 Å². The van der Waals surface area contributed by atoms with Crippen molar-refractivity contribution in [3.63, 3.8) is 0 Å². The van der Waals surface area contributed by atoms with Crippen molar-refractivity contribution >= 4 is 5.97 Å². The molecular formula is C15H20O3. The Morgan fingerprint density at radius 1 is 1.39 bits per heavy atom. The van der Waals surface area contributed by atoms with Crippen molar-refractivity contribution in [1.82, 2.24) is 0 Å². The quantitative estimate of drug-likeness (QED) is 0.407. The van der Waals surface area contributed by atoms with E-state index in [0.29, 0.717) is 12.0 Å². The maximum absolute atomic E-state index is 11.6. The maximum atomic E-state index is 11.6. The van der Waals surface area contributed by atoms with Crippen molar-refractivity contribution in [3.8, 4) is 0 Å². The largest absolute Gasteiger partial charge is 0.454 e. The molecule has 18 heavy (non-hydrogen) atoms. The van der Waals surface area contributed by atoms with Crippen LogP contribution >= 0.6 is 0 Å². The van der Waals surface area contributed by atoms with Gasteiger partial charge >= 0.3 is 5.97 Å². The van der Waals surface area contributed by atoms with Crippen molar-refractivity contribution in [2.45, 2.75) is 45.3 Å². The van der Waals surface area contributed by atoms with Gasteiger partial charge in [-0.05, 0) is 39.2 Å². The number of allylic oxidation sites excluding steroid dienone is 2. The lowest BCUT2D eigenvalue weighted by molar-refractivity contribution is -0.137. The van der Waals surface area contributed by atoms with E-state index in [1.54, 1.807) is 0 Å². The van der Waals surface area contributed by atoms with Gasteiger partial charge in [0.25, 0.3) is 0 Å². The number of fused-ring (bicyclic) bond motifs is 1. The summed E-state index contributed by atoms with van der Waals surface area (Å²) in [5.41, 5.74) is 2.73. The van der Waals surface area contributed by atoms with Crippen LogP contribution in [0.25, 0.3) is 0 Å². The molecule has 1 aliphatic carbocycles. The molecule has 0 unspecified atom stereocenters. The zero-order chi connectivity index (χ0) is 13.3. The van der Waals surface area contributed by atoms with Gasteiger partial charge in [-0.3, -0.25) is 0 Å². The fourth-order valence-electron chi connectivity index (χ4n) is 2.65. The van der Waals surface area contributed by atoms with Crippen LogP contribution in [0.2, 0.25) is 0 Å². The molecule has 1 fully saturated rings. The van der Waals surface area contributed by atoms with Crippen molar-refractivity contribution in [2.24, 2.45) is 5.92 Å². The first-order valence-electron chi connectivity index (χ1n) is 6.40. The fourth-order valence-corrected chi connectivity index (χ4v) is 2.65. The number of carbonyl (C=O) groups is 1. The lowest BCUT2D eigenvalue weighted by Gasteiger charge is -2.23. The van der Waals surface area contributed by atoms with Crippen LogP contribution in [-0.4, -0.2) is 23.3 Å². The van der Waals surface area contributed by atoms with Gasteiger partial charge in [0.05, 0.1) is 12.0 Å². The number of hydrogen-bond acceptors (Lipinski definition) is 3. The summed E-state index contributed by atoms with van der Waals surface area (Å²) in [4.78, 5) is 11.6. The first-order chi connectivity index (χ1) is 8.49. The minimum atomic E-state index is -0.604. The molecule has 0 radical (unpaired) electrons. The summed E-state index contributed by atoms with van der Waals surface area (Å²) in [6, 6.07) is 0. The second-order valence-electron chi connectivity index (χ2n) is 5.29. The smallest absolute Gasteiger partial charge is 0.334 e. The van der Waals surface area contributed by atoms with Crippen LogP contribution in [0.3, 0.4) is 0 Å². The molecule has 3 atom stereocenters. The van der Waals surface area contributed by atoms with Crippen molar-refractivity contribution < 1.29 is 14.6 Å². The number of aliphatic hydroxyl groups excluding tert-OH is 1. The Hall–Kier alpha value is -1.35. The molecule has 2 rings (SSSR count). The predicted octanol–water partition coefficient (Wildman–Crippen LogP) is 2.52. The second kappa shape index (κ2) is 5.11. The molecule has 1 N–H and O–H groups in total. The van der Waals surface area contributed by atoms with Gasteiger partial charge in [-0.2, -0.15) is 0 Å². The minimum absolute atomic E-state index is 0.311. The first-order valence-corrected chi connectivity index (χ1v) is 6.40. The third-order valence-electron chi connectivity index (χ3n) is 3.69. The average Bonchev–Trinajstić information content (AvgIpc) is 2.53. The number of esters is 1. The van der Waals surface area contributed by atoms with E-state index in [9.17, 15) is 9.90 Å². The number of aliphatic hydroxyl groups is 1. The Bertz CT molecular complexity index is 431. The van der Waals surface area contributed by atoms with Gasteiger partial charge in [-0.15, -0.1) is 0 Å². The number of ether oxygens (including phenoxy) is 1. The highest BCUT2D eigenvalue weighted by Crippen LogP contribution is 2.34. The summed E-state index contributed by atoms with van der Waals surface area (Å²) in [5, 5.41) is 10.3. The zero-order valence-electron chi connectivity index (χ0n) is 11.0. The maximum Gasteiger partial charge on any atom is 0.334 e. The van der Waals surface area contributed by atoms with E-state index < -0.39 is 6.10 Å². The van der Waals surface area contributed by atoms with Crippen molar-refractivity contribution in [1.29, 1.82) is 0 Å². The normalized spacial score (nSPS) is 33.4. The molecule has 0 aromatic carbocycles. The molecule has 0 saturated carbocycles. The molecule has 0 amide bonds. The molecule has 0 aromatic heterocycles. The third kappa shape index (κ3) is 2.56. The van der Waals surface area contributed by atoms with E-state index in [-0.39, 0.29) is 18.0 Å². The Kier molecular flexibility index (Phi) is 3.71. The fraction of sp³-hybridized carbons (Fsp3) is 0.533. The van der Waals surface area contributed by atoms with Gasteiger partial charge in [0.15, 0.2) is 0 Å². The summed E-state index contributed by atoms with van der Waals surface area (Å²) in [7, 11) is 0. The van der Waals surface area contributed by atoms with Gasteiger partial charge in [0.1, 0.15) is 6.10 Å². The Labute approximate surface area is 108 Å². The third-order valence-corrected chi connectivity index (χ3v) is 3.69. The van der Waals surface area contributed by atoms with Crippen LogP contribution in [0, 0.1) is 5.92 Å². The molecule has 0 spiro atoms. The van der Waals surface area contributed by atoms with Crippen LogP contribution in [0.4, 0.5) is 0 Å². The molecule has 1 aliphatic heterocycles. The molecule has 0 bridgehead atoms. The SMILES string of the molecule is C=C1C(=O)O[C@@H]2C=C(C)CCC=C(C)C[C@@H](O)[C@@H]12. The highest BCUT2D eigenvalue weighted by molar-refractivity contribution is 5.91. The van der Waals surface area contributed by atoms with E-state index in [1.807, 2.05) is 19.9 Å². The first kappa shape index (κ1) is 13.1. The molecule has 2 aliphatic rings. The van der Waals surface area contributed by atoms with Crippen molar-refractivity contribution in [3.05, 3.63) is 35.5 Å². The predicted molar refractivity (Wildman–Crippen MR) is 69.9 cm³/mol. The van der Waals surface area contributed by atoms with E-state index in [1.165, 1.54) is 5.57 Å². The lowest BCUT2D eigenvalue weighted by Crippen LogP contribution is -2.28. The van der Waals surface area contributed by atoms with Gasteiger partial charge in [-0.25, -0.2) is 4.79 Å². The second-order valence-corrected chi connectivity index (χ2v) is 5.29. The van der Waals surface area contributed by atoms with Crippen LogP contribution in [0.1, 0.15) is 33.1 Å². The minimum Gasteiger partial charge on any atom is -0.454 e. The van der Waals surface area contributed by atoms with Gasteiger partial charge in [-0.1, -0.05) is 23.8 Å². The Balaban J connectivity index is 2.33. The Morgan fingerprint density at radius 2 is 2.11 bits per heavy atom. The summed E-state index contributed by atoms with van der Waals surface area (Å²) >= 11 is 0. The Morgan fingerprint density at radius 3 is 2.83 bits per heavy atom. The molecule has 0 aromatic rings. The van der Waals surface area contributed by atoms with Crippen LogP contribution < -0.4 is 0 Å². The number of rotatable bonds is 0. The van der Waals surface area contributed by atoms with Gasteiger partial charge < -0.3 is 9.84 Å². The van der Waals surface area contributed by atoms with Crippen molar-refractivity contribution in [2.75, 3.05) is 0 Å². The summed E-state index contributed by atoms with van der Waals surface area (Å²) in [6.07, 6.45) is 5.65. The molecular weight excluding hydrogens is 228 g/mol. The number of carbonyl (C=O) groups excluding carboxylic acids is 1. The van der Waals surface area contributed by atoms with Crippen LogP contribution in [0.5, 0.6) is 0 Å². The number of hydrogen-bond donors (Lipinski definition) is 1. The molecule has 3 nitrogen and oxygen atoms in total. The molecule has 1 heterocycles. The lowest BCUT2D eigenvalue weighted by atomic mass is 9.86. The van der Waals surface area contributed by atoms with Gasteiger partial charge in [0.2, 0.25) is 0 Å². The van der Waals surface area contributed by atoms with E-state index in [2.05, 4.69) is 12.7 Å². The topological polar surface area (TPSA) is 46.5 Å². The van der Waals surface area contributed by atoms with Crippen LogP contribution in [0.15, 0.2) is 35.5 Å². The average molecular weight is 248 g/mol. The highest BCUT2D eigenvalue weighted by Gasteiger charge is 2.41. The zero-order valence-corrected chi connectivity index (χ0v) is 11.0. The standard InChI is InChI=1S/C15H20O3/c1-9-5-4-6-10(2)8-13-14(12(16)7-9)11(3)15(17)18-13/h5,8,12-14,16H,3-4,6-7H2,1-2H3/t12-,13-,14-/m1/s1. The summed E-state index contributed by atoms with van der Waals surface area (Å²) < 4.78 is 5.29. The van der Waals surface area contributed by atoms with E-state index in [0.717, 1.165) is 18.4 Å². The van der Waals surface area contributed by atoms with E-state index in [4.69, 9.17) is 4.74 Å². The highest BCUT2D eigenvalue weighted by atomic mass is 16.6. The summed E-state index contributed by atoms with van der Waals surface area (Å²) in [5.74, 6) is -0.692. The monoisotopic (exact) mass is 248 g/mol. The molecule has 1 saturated heterocycles. The molecule has 98 valence electrons. The molecule has 3 heteroatoms. The van der Waals surface area contributed by atoms with Gasteiger partial charge in [0, 0.05) is 5.57 Å².